The average Bonchev–Trinajstić information content (AvgIpc) is 3.28. The smallest absolute Gasteiger partial charge is 0.469 e. The molecule has 1 saturated heterocycles. The molecule has 0 aromatic carbocycles. The van der Waals surface area contributed by atoms with E-state index in [1.54, 1.807) is 19.2 Å². The summed E-state index contributed by atoms with van der Waals surface area (Å²) in [4.78, 5) is 28.9. The minimum atomic E-state index is -0.802. The number of thiazole rings is 1. The maximum atomic E-state index is 12.9. The Labute approximate surface area is 188 Å². The van der Waals surface area contributed by atoms with Crippen LogP contribution in [0.1, 0.15) is 77.7 Å². The molecule has 2 heterocycles. The normalized spacial score (nSPS) is 24.6. The van der Waals surface area contributed by atoms with Gasteiger partial charge in [-0.2, -0.15) is 4.98 Å². The molecule has 1 aliphatic heterocycles. The molecule has 31 heavy (non-hydrogen) atoms. The standard InChI is InChI=1S/C22H32BNO6S/c1-7-17(25)16-13-31-19(24-16)28-14-22(18(26)27-8-2)11-9-15(10-12-22)23-29-20(3,4)21(5,6)30-23/h9,13H,7-8,10-12,14H2,1-6H3. The number of hydrogen-bond donors (Lipinski definition) is 0. The number of Topliss-reactive ketones (excluding diaryl/α,β-unsaturated/α-hetero) is 1. The molecule has 1 aromatic rings. The molecule has 2 aliphatic rings. The van der Waals surface area contributed by atoms with E-state index in [2.05, 4.69) is 4.98 Å². The molecule has 1 fully saturated rings. The molecule has 0 saturated carbocycles. The lowest BCUT2D eigenvalue weighted by atomic mass is 9.66. The first-order chi connectivity index (χ1) is 14.5. The molecular weight excluding hydrogens is 417 g/mol. The van der Waals surface area contributed by atoms with Crippen LogP contribution < -0.4 is 4.74 Å². The Hall–Kier alpha value is -1.71. The Kier molecular flexibility index (Phi) is 6.98. The van der Waals surface area contributed by atoms with Gasteiger partial charge in [0.05, 0.1) is 17.8 Å². The van der Waals surface area contributed by atoms with Crippen LogP contribution in [0.4, 0.5) is 0 Å². The van der Waals surface area contributed by atoms with Crippen molar-refractivity contribution in [1.82, 2.24) is 4.98 Å². The van der Waals surface area contributed by atoms with Crippen LogP contribution in [0.15, 0.2) is 16.9 Å². The van der Waals surface area contributed by atoms with Gasteiger partial charge in [-0.1, -0.05) is 24.3 Å². The third kappa shape index (κ3) is 4.88. The van der Waals surface area contributed by atoms with E-state index in [9.17, 15) is 9.59 Å². The van der Waals surface area contributed by atoms with Gasteiger partial charge in [-0.25, -0.2) is 0 Å². The van der Waals surface area contributed by atoms with Crippen molar-refractivity contribution in [2.75, 3.05) is 13.2 Å². The molecular formula is C22H32BNO6S. The number of rotatable bonds is 8. The minimum Gasteiger partial charge on any atom is -0.469 e. The highest BCUT2D eigenvalue weighted by Crippen LogP contribution is 2.43. The number of nitrogens with zero attached hydrogens (tertiary/aromatic N) is 1. The number of allylic oxidation sites excluding steroid dienone is 2. The van der Waals surface area contributed by atoms with E-state index >= 15 is 0 Å². The Bertz CT molecular complexity index is 848. The number of carbonyl (C=O) groups excluding carboxylic acids is 2. The van der Waals surface area contributed by atoms with Gasteiger partial charge in [0.15, 0.2) is 5.78 Å². The van der Waals surface area contributed by atoms with Crippen molar-refractivity contribution in [3.05, 3.63) is 22.6 Å². The Morgan fingerprint density at radius 1 is 1.19 bits per heavy atom. The number of hydrogen-bond acceptors (Lipinski definition) is 8. The van der Waals surface area contributed by atoms with Crippen LogP contribution in [0.3, 0.4) is 0 Å². The second-order valence-corrected chi connectivity index (χ2v) is 9.96. The van der Waals surface area contributed by atoms with Crippen LogP contribution in [0.5, 0.6) is 5.19 Å². The summed E-state index contributed by atoms with van der Waals surface area (Å²) in [5.41, 5.74) is -0.169. The summed E-state index contributed by atoms with van der Waals surface area (Å²) in [7, 11) is -0.410. The lowest BCUT2D eigenvalue weighted by Gasteiger charge is -2.33. The highest BCUT2D eigenvalue weighted by atomic mass is 32.1. The molecule has 1 unspecified atom stereocenters. The van der Waals surface area contributed by atoms with E-state index in [0.717, 1.165) is 5.47 Å². The zero-order chi connectivity index (χ0) is 22.9. The fourth-order valence-electron chi connectivity index (χ4n) is 3.61. The maximum Gasteiger partial charge on any atom is 0.490 e. The van der Waals surface area contributed by atoms with E-state index in [-0.39, 0.29) is 18.4 Å². The summed E-state index contributed by atoms with van der Waals surface area (Å²) in [5, 5.41) is 2.08. The lowest BCUT2D eigenvalue weighted by Crippen LogP contribution is -2.41. The van der Waals surface area contributed by atoms with Crippen molar-refractivity contribution in [2.45, 2.75) is 78.4 Å². The van der Waals surface area contributed by atoms with Crippen molar-refractivity contribution in [3.8, 4) is 5.19 Å². The molecule has 170 valence electrons. The van der Waals surface area contributed by atoms with Crippen LogP contribution >= 0.6 is 11.3 Å². The van der Waals surface area contributed by atoms with Gasteiger partial charge in [0.25, 0.3) is 5.19 Å². The van der Waals surface area contributed by atoms with Gasteiger partial charge >= 0.3 is 13.1 Å². The van der Waals surface area contributed by atoms with Crippen LogP contribution in [0.2, 0.25) is 0 Å². The molecule has 9 heteroatoms. The largest absolute Gasteiger partial charge is 0.490 e. The number of aromatic nitrogens is 1. The zero-order valence-corrected chi connectivity index (χ0v) is 20.1. The first kappa shape index (κ1) is 23.9. The van der Waals surface area contributed by atoms with Crippen molar-refractivity contribution in [2.24, 2.45) is 5.41 Å². The predicted octanol–water partition coefficient (Wildman–Crippen LogP) is 4.41. The third-order valence-corrected chi connectivity index (χ3v) is 7.23. The highest BCUT2D eigenvalue weighted by Gasteiger charge is 2.53. The van der Waals surface area contributed by atoms with E-state index in [4.69, 9.17) is 18.8 Å². The van der Waals surface area contributed by atoms with Crippen LogP contribution in [0, 0.1) is 5.41 Å². The van der Waals surface area contributed by atoms with Gasteiger partial charge < -0.3 is 18.8 Å². The summed E-state index contributed by atoms with van der Waals surface area (Å²) >= 11 is 1.26. The maximum absolute atomic E-state index is 12.9. The van der Waals surface area contributed by atoms with Gasteiger partial charge in [0.1, 0.15) is 17.7 Å². The summed E-state index contributed by atoms with van der Waals surface area (Å²) in [5.74, 6) is -0.306. The van der Waals surface area contributed by atoms with Gasteiger partial charge in [-0.05, 0) is 59.4 Å². The van der Waals surface area contributed by atoms with Crippen LogP contribution in [-0.2, 0) is 18.8 Å². The van der Waals surface area contributed by atoms with E-state index in [1.807, 2.05) is 33.8 Å². The van der Waals surface area contributed by atoms with E-state index in [0.29, 0.717) is 43.2 Å². The third-order valence-electron chi connectivity index (χ3n) is 6.47. The highest BCUT2D eigenvalue weighted by molar-refractivity contribution is 7.11. The van der Waals surface area contributed by atoms with Crippen molar-refractivity contribution >= 4 is 30.2 Å². The fourth-order valence-corrected chi connectivity index (χ4v) is 4.29. The SMILES string of the molecule is CCOC(=O)C1(COc2nc(C(=O)CC)cs2)CC=C(B2OC(C)(C)C(C)(C)O2)CC1. The number of esters is 1. The van der Waals surface area contributed by atoms with Crippen LogP contribution in [0.25, 0.3) is 0 Å². The summed E-state index contributed by atoms with van der Waals surface area (Å²) < 4.78 is 23.6. The van der Waals surface area contributed by atoms with Gasteiger partial charge in [-0.3, -0.25) is 9.59 Å². The van der Waals surface area contributed by atoms with Gasteiger partial charge in [-0.15, -0.1) is 0 Å². The lowest BCUT2D eigenvalue weighted by molar-refractivity contribution is -0.158. The Morgan fingerprint density at radius 3 is 2.42 bits per heavy atom. The quantitative estimate of drug-likeness (QED) is 0.330. The molecule has 3 rings (SSSR count). The number of ketones is 1. The molecule has 0 amide bonds. The Morgan fingerprint density at radius 2 is 1.87 bits per heavy atom. The molecule has 0 spiro atoms. The first-order valence-corrected chi connectivity index (χ1v) is 11.7. The number of ether oxygens (including phenoxy) is 2. The second-order valence-electron chi connectivity index (χ2n) is 9.14. The molecule has 0 radical (unpaired) electrons. The second kappa shape index (κ2) is 9.04. The van der Waals surface area contributed by atoms with Crippen LogP contribution in [-0.4, -0.2) is 48.3 Å². The fraction of sp³-hybridized carbons (Fsp3) is 0.682. The average molecular weight is 449 g/mol. The van der Waals surface area contributed by atoms with Gasteiger partial charge in [0, 0.05) is 11.8 Å². The molecule has 1 aliphatic carbocycles. The van der Waals surface area contributed by atoms with E-state index < -0.39 is 23.7 Å². The molecule has 0 bridgehead atoms. The molecule has 7 nitrogen and oxygen atoms in total. The van der Waals surface area contributed by atoms with Crippen molar-refractivity contribution < 1.29 is 28.4 Å². The molecule has 0 N–H and O–H groups in total. The van der Waals surface area contributed by atoms with Crippen molar-refractivity contribution in [3.63, 3.8) is 0 Å². The van der Waals surface area contributed by atoms with Gasteiger partial charge in [0.2, 0.25) is 0 Å². The number of carbonyl (C=O) groups is 2. The predicted molar refractivity (Wildman–Crippen MR) is 119 cm³/mol. The summed E-state index contributed by atoms with van der Waals surface area (Å²) in [6, 6.07) is 0. The zero-order valence-electron chi connectivity index (χ0n) is 19.3. The topological polar surface area (TPSA) is 84.0 Å². The Balaban J connectivity index is 1.73. The summed E-state index contributed by atoms with van der Waals surface area (Å²) in [6.45, 7) is 12.1. The van der Waals surface area contributed by atoms with E-state index in [1.165, 1.54) is 11.3 Å². The summed E-state index contributed by atoms with van der Waals surface area (Å²) in [6.07, 6.45) is 4.10. The monoisotopic (exact) mass is 449 g/mol. The molecule has 1 aromatic heterocycles. The minimum absolute atomic E-state index is 0.0288. The molecule has 1 atom stereocenters. The van der Waals surface area contributed by atoms with Crippen molar-refractivity contribution in [1.29, 1.82) is 0 Å². The first-order valence-electron chi connectivity index (χ1n) is 10.9.